The number of aliphatic hydroxyl groups is 1. The van der Waals surface area contributed by atoms with Crippen molar-refractivity contribution in [3.63, 3.8) is 0 Å². The molecule has 0 radical (unpaired) electrons. The van der Waals surface area contributed by atoms with Crippen LogP contribution in [0.2, 0.25) is 0 Å². The molecule has 5 heteroatoms. The number of hydrogen-bond donors (Lipinski definition) is 2. The SMILES string of the molecule is O=S(=O)=C1CCNC1CO. The van der Waals surface area contributed by atoms with Crippen molar-refractivity contribution in [2.24, 2.45) is 0 Å². The predicted molar refractivity (Wildman–Crippen MR) is 37.4 cm³/mol. The van der Waals surface area contributed by atoms with Gasteiger partial charge in [0, 0.05) is 6.54 Å². The molecule has 1 aliphatic rings. The first kappa shape index (κ1) is 7.71. The second-order valence-corrected chi connectivity index (χ2v) is 3.13. The van der Waals surface area contributed by atoms with E-state index >= 15 is 0 Å². The molecule has 0 aromatic rings. The summed E-state index contributed by atoms with van der Waals surface area (Å²) in [7, 11) is -2.13. The minimum Gasteiger partial charge on any atom is -0.394 e. The molecule has 0 spiro atoms. The molecule has 1 aliphatic heterocycles. The van der Waals surface area contributed by atoms with Gasteiger partial charge >= 0.3 is 0 Å². The fraction of sp³-hybridized carbons (Fsp3) is 0.800. The molecule has 1 fully saturated rings. The van der Waals surface area contributed by atoms with Gasteiger partial charge in [-0.05, 0) is 6.42 Å². The minimum absolute atomic E-state index is 0.136. The maximum absolute atomic E-state index is 10.4. The summed E-state index contributed by atoms with van der Waals surface area (Å²) < 4.78 is 20.8. The summed E-state index contributed by atoms with van der Waals surface area (Å²) in [6, 6.07) is -0.335. The van der Waals surface area contributed by atoms with Crippen LogP contribution in [0.25, 0.3) is 0 Å². The van der Waals surface area contributed by atoms with Gasteiger partial charge in [-0.2, -0.15) is 8.42 Å². The van der Waals surface area contributed by atoms with Gasteiger partial charge in [-0.25, -0.2) is 0 Å². The highest BCUT2D eigenvalue weighted by Gasteiger charge is 2.21. The second kappa shape index (κ2) is 3.14. The summed E-state index contributed by atoms with van der Waals surface area (Å²) in [5, 5.41) is 11.5. The fourth-order valence-corrected chi connectivity index (χ4v) is 1.68. The number of nitrogens with one attached hydrogen (secondary N) is 1. The molecule has 1 rings (SSSR count). The number of rotatable bonds is 1. The molecule has 4 nitrogen and oxygen atoms in total. The topological polar surface area (TPSA) is 66.4 Å². The lowest BCUT2D eigenvalue weighted by molar-refractivity contribution is 0.279. The fourth-order valence-electron chi connectivity index (χ4n) is 1.02. The summed E-state index contributed by atoms with van der Waals surface area (Å²) in [5.74, 6) is 0. The molecule has 1 unspecified atom stereocenters. The lowest BCUT2D eigenvalue weighted by Gasteiger charge is -2.02. The summed E-state index contributed by atoms with van der Waals surface area (Å²) in [4.78, 5) is 0.391. The average Bonchev–Trinajstić information content (AvgIpc) is 2.33. The molecule has 0 saturated carbocycles. The van der Waals surface area contributed by atoms with Crippen molar-refractivity contribution in [3.05, 3.63) is 0 Å². The molecule has 0 bridgehead atoms. The highest BCUT2D eigenvalue weighted by atomic mass is 32.2. The second-order valence-electron chi connectivity index (χ2n) is 2.14. The molecule has 0 amide bonds. The van der Waals surface area contributed by atoms with Crippen molar-refractivity contribution in [1.82, 2.24) is 5.32 Å². The van der Waals surface area contributed by atoms with E-state index in [0.29, 0.717) is 17.8 Å². The summed E-state index contributed by atoms with van der Waals surface area (Å²) >= 11 is 0. The molecule has 0 aliphatic carbocycles. The van der Waals surface area contributed by atoms with E-state index in [0.717, 1.165) is 0 Å². The first-order chi connectivity index (χ1) is 4.75. The maximum Gasteiger partial charge on any atom is 0.214 e. The molecule has 10 heavy (non-hydrogen) atoms. The van der Waals surface area contributed by atoms with E-state index in [2.05, 4.69) is 5.32 Å². The van der Waals surface area contributed by atoms with Crippen LogP contribution in [0, 0.1) is 0 Å². The van der Waals surface area contributed by atoms with E-state index in [9.17, 15) is 8.42 Å². The van der Waals surface area contributed by atoms with Gasteiger partial charge in [0.05, 0.1) is 17.5 Å². The predicted octanol–water partition coefficient (Wildman–Crippen LogP) is -1.61. The van der Waals surface area contributed by atoms with Gasteiger partial charge in [0.1, 0.15) is 0 Å². The Labute approximate surface area is 60.4 Å². The van der Waals surface area contributed by atoms with Crippen LogP contribution >= 0.6 is 0 Å². The molecule has 0 aromatic heterocycles. The Morgan fingerprint density at radius 2 is 2.40 bits per heavy atom. The van der Waals surface area contributed by atoms with Crippen LogP contribution in [0.4, 0.5) is 0 Å². The van der Waals surface area contributed by atoms with Gasteiger partial charge in [-0.1, -0.05) is 0 Å². The Kier molecular flexibility index (Phi) is 2.42. The molecule has 1 atom stereocenters. The molecular formula is C5H9NO3S. The van der Waals surface area contributed by atoms with Crippen molar-refractivity contribution in [1.29, 1.82) is 0 Å². The van der Waals surface area contributed by atoms with E-state index in [1.807, 2.05) is 0 Å². The van der Waals surface area contributed by atoms with Gasteiger partial charge < -0.3 is 10.4 Å². The van der Waals surface area contributed by atoms with Crippen LogP contribution in [-0.4, -0.2) is 37.6 Å². The van der Waals surface area contributed by atoms with E-state index in [4.69, 9.17) is 5.11 Å². The molecule has 58 valence electrons. The van der Waals surface area contributed by atoms with Gasteiger partial charge in [-0.15, -0.1) is 0 Å². The average molecular weight is 163 g/mol. The maximum atomic E-state index is 10.4. The Morgan fingerprint density at radius 1 is 1.70 bits per heavy atom. The molecule has 1 heterocycles. The molecule has 2 N–H and O–H groups in total. The standard InChI is InChI=1S/C5H9NO3S/c7-3-4-5(10(8)9)1-2-6-4/h4,6-7H,1-3H2. The van der Waals surface area contributed by atoms with E-state index in [1.54, 1.807) is 0 Å². The van der Waals surface area contributed by atoms with E-state index in [1.165, 1.54) is 0 Å². The van der Waals surface area contributed by atoms with E-state index in [-0.39, 0.29) is 12.6 Å². The zero-order chi connectivity index (χ0) is 7.56. The summed E-state index contributed by atoms with van der Waals surface area (Å²) in [6.45, 7) is 0.512. The van der Waals surface area contributed by atoms with Gasteiger partial charge in [0.2, 0.25) is 10.3 Å². The lowest BCUT2D eigenvalue weighted by atomic mass is 10.2. The largest absolute Gasteiger partial charge is 0.394 e. The third-order valence-corrected chi connectivity index (χ3v) is 2.46. The van der Waals surface area contributed by atoms with Crippen LogP contribution < -0.4 is 5.32 Å². The first-order valence-corrected chi connectivity index (χ1v) is 4.12. The van der Waals surface area contributed by atoms with Gasteiger partial charge in [0.25, 0.3) is 0 Å². The summed E-state index contributed by atoms with van der Waals surface area (Å²) in [5.41, 5.74) is 0. The zero-order valence-electron chi connectivity index (χ0n) is 5.37. The third kappa shape index (κ3) is 1.36. The van der Waals surface area contributed by atoms with Crippen molar-refractivity contribution in [2.45, 2.75) is 12.5 Å². The monoisotopic (exact) mass is 163 g/mol. The minimum atomic E-state index is -2.13. The first-order valence-electron chi connectivity index (χ1n) is 3.05. The summed E-state index contributed by atoms with van der Waals surface area (Å²) in [6.07, 6.45) is 0.529. The lowest BCUT2D eigenvalue weighted by Crippen LogP contribution is -2.31. The van der Waals surface area contributed by atoms with Gasteiger partial charge in [-0.3, -0.25) is 0 Å². The van der Waals surface area contributed by atoms with Crippen molar-refractivity contribution in [3.8, 4) is 0 Å². The Balaban J connectivity index is 2.88. The number of aliphatic hydroxyl groups excluding tert-OH is 1. The molecular weight excluding hydrogens is 154 g/mol. The Bertz CT molecular complexity index is 236. The van der Waals surface area contributed by atoms with Crippen LogP contribution in [0.3, 0.4) is 0 Å². The Morgan fingerprint density at radius 3 is 2.80 bits per heavy atom. The zero-order valence-corrected chi connectivity index (χ0v) is 6.19. The van der Waals surface area contributed by atoms with Crippen molar-refractivity contribution in [2.75, 3.05) is 13.2 Å². The van der Waals surface area contributed by atoms with Crippen LogP contribution in [0.1, 0.15) is 6.42 Å². The highest BCUT2D eigenvalue weighted by molar-refractivity contribution is 7.73. The van der Waals surface area contributed by atoms with Crippen LogP contribution in [0.5, 0.6) is 0 Å². The van der Waals surface area contributed by atoms with E-state index < -0.39 is 10.3 Å². The van der Waals surface area contributed by atoms with Crippen molar-refractivity contribution < 1.29 is 13.5 Å². The quantitative estimate of drug-likeness (QED) is 0.456. The van der Waals surface area contributed by atoms with Crippen LogP contribution in [-0.2, 0) is 10.3 Å². The smallest absolute Gasteiger partial charge is 0.214 e. The number of hydrogen-bond acceptors (Lipinski definition) is 4. The van der Waals surface area contributed by atoms with Crippen molar-refractivity contribution >= 4 is 15.2 Å². The molecule has 1 saturated heterocycles. The Hall–Kier alpha value is -0.390. The highest BCUT2D eigenvalue weighted by Crippen LogP contribution is 1.99. The van der Waals surface area contributed by atoms with Gasteiger partial charge in [0.15, 0.2) is 0 Å². The third-order valence-electron chi connectivity index (χ3n) is 1.55. The normalized spacial score (nSPS) is 25.3. The van der Waals surface area contributed by atoms with Crippen LogP contribution in [0.15, 0.2) is 0 Å². The molecule has 0 aromatic carbocycles.